The molecule has 0 radical (unpaired) electrons. The van der Waals surface area contributed by atoms with Gasteiger partial charge in [0.05, 0.1) is 7.11 Å². The van der Waals surface area contributed by atoms with E-state index in [1.807, 2.05) is 12.1 Å². The molecule has 0 fully saturated rings. The topological polar surface area (TPSA) is 112 Å². The molecule has 0 aromatic heterocycles. The zero-order chi connectivity index (χ0) is 11.3. The van der Waals surface area contributed by atoms with Crippen LogP contribution in [0.1, 0.15) is 0 Å². The second kappa shape index (κ2) is 6.52. The van der Waals surface area contributed by atoms with Crippen LogP contribution in [0.25, 0.3) is 0 Å². The predicted molar refractivity (Wildman–Crippen MR) is 60.1 cm³/mol. The largest absolute Gasteiger partial charge is 1.00 e. The molecule has 1 rings (SSSR count). The summed E-state index contributed by atoms with van der Waals surface area (Å²) in [6, 6.07) is 7.15. The van der Waals surface area contributed by atoms with Gasteiger partial charge in [0.1, 0.15) is 11.4 Å². The number of benzene rings is 1. The van der Waals surface area contributed by atoms with Crippen molar-refractivity contribution in [2.45, 2.75) is 0 Å². The molecule has 0 bridgehead atoms. The molecule has 7 heteroatoms. The number of hydrogen-bond donors (Lipinski definition) is 3. The first-order valence-electron chi connectivity index (χ1n) is 4.20. The van der Waals surface area contributed by atoms with Gasteiger partial charge in [0.2, 0.25) is 5.96 Å². The Hall–Kier alpha value is -1.95. The summed E-state index contributed by atoms with van der Waals surface area (Å²) in [5, 5.41) is 0. The molecular weight excluding hydrogens is 230 g/mol. The summed E-state index contributed by atoms with van der Waals surface area (Å²) in [6.07, 6.45) is 0. The van der Waals surface area contributed by atoms with Crippen molar-refractivity contribution in [3.63, 3.8) is 0 Å². The molecule has 0 heterocycles. The standard InChI is InChI=1S/C9H13N5O.ClH/c1-15-7-5-3-2-4-6(7)13-9(12)14-8(10)11;/h2-5H,1H3,(H6,10,11,12,13,14);1H/p-1. The Kier molecular flexibility index (Phi) is 5.72. The fraction of sp³-hybridized carbons (Fsp3) is 0.111. The van der Waals surface area contributed by atoms with Crippen molar-refractivity contribution in [2.75, 3.05) is 7.11 Å². The van der Waals surface area contributed by atoms with E-state index in [1.54, 1.807) is 19.2 Å². The Morgan fingerprint density at radius 1 is 1.19 bits per heavy atom. The van der Waals surface area contributed by atoms with Crippen molar-refractivity contribution in [2.24, 2.45) is 27.2 Å². The first-order chi connectivity index (χ1) is 7.13. The first-order valence-corrected chi connectivity index (χ1v) is 4.20. The molecule has 88 valence electrons. The molecule has 0 amide bonds. The fourth-order valence-corrected chi connectivity index (χ4v) is 1.00. The van der Waals surface area contributed by atoms with Crippen molar-refractivity contribution in [3.05, 3.63) is 24.3 Å². The monoisotopic (exact) mass is 242 g/mol. The van der Waals surface area contributed by atoms with Crippen LogP contribution >= 0.6 is 0 Å². The van der Waals surface area contributed by atoms with Gasteiger partial charge in [-0.3, -0.25) is 0 Å². The number of para-hydroxylation sites is 2. The maximum atomic E-state index is 5.48. The highest BCUT2D eigenvalue weighted by Crippen LogP contribution is 2.25. The number of ether oxygens (including phenoxy) is 1. The van der Waals surface area contributed by atoms with Crippen LogP contribution in [0.5, 0.6) is 5.75 Å². The highest BCUT2D eigenvalue weighted by Gasteiger charge is 1.99. The lowest BCUT2D eigenvalue weighted by Gasteiger charge is -2.03. The minimum atomic E-state index is -0.133. The molecule has 1 aromatic carbocycles. The highest BCUT2D eigenvalue weighted by molar-refractivity contribution is 5.93. The van der Waals surface area contributed by atoms with Crippen LogP contribution in [0.15, 0.2) is 34.3 Å². The molecule has 6 N–H and O–H groups in total. The van der Waals surface area contributed by atoms with Gasteiger partial charge in [-0.25, -0.2) is 4.99 Å². The number of halogens is 1. The molecule has 0 saturated heterocycles. The summed E-state index contributed by atoms with van der Waals surface area (Å²) in [7, 11) is 1.55. The third-order valence-corrected chi connectivity index (χ3v) is 1.56. The molecule has 0 unspecified atom stereocenters. The van der Waals surface area contributed by atoms with Gasteiger partial charge in [0, 0.05) is 0 Å². The van der Waals surface area contributed by atoms with E-state index in [0.29, 0.717) is 11.4 Å². The third-order valence-electron chi connectivity index (χ3n) is 1.56. The molecule has 6 nitrogen and oxygen atoms in total. The van der Waals surface area contributed by atoms with E-state index in [9.17, 15) is 0 Å². The van der Waals surface area contributed by atoms with Crippen molar-refractivity contribution in [1.82, 2.24) is 0 Å². The fourth-order valence-electron chi connectivity index (χ4n) is 1.00. The Labute approximate surface area is 99.6 Å². The lowest BCUT2D eigenvalue weighted by molar-refractivity contribution is -0.00000394. The molecule has 0 aliphatic rings. The molecule has 16 heavy (non-hydrogen) atoms. The smallest absolute Gasteiger partial charge is 0.223 e. The van der Waals surface area contributed by atoms with Crippen molar-refractivity contribution in [1.29, 1.82) is 0 Å². The van der Waals surface area contributed by atoms with E-state index in [-0.39, 0.29) is 24.3 Å². The Bertz CT molecular complexity index is 401. The molecule has 0 aliphatic heterocycles. The lowest BCUT2D eigenvalue weighted by Crippen LogP contribution is -3.00. The van der Waals surface area contributed by atoms with Crippen molar-refractivity contribution < 1.29 is 17.1 Å². The second-order valence-electron chi connectivity index (χ2n) is 2.68. The molecule has 0 aliphatic carbocycles. The van der Waals surface area contributed by atoms with Crippen LogP contribution in [-0.2, 0) is 0 Å². The van der Waals surface area contributed by atoms with Crippen LogP contribution < -0.4 is 34.3 Å². The Balaban J connectivity index is 0.00000225. The predicted octanol–water partition coefficient (Wildman–Crippen LogP) is -3.08. The summed E-state index contributed by atoms with van der Waals surface area (Å²) in [5.74, 6) is 0.455. The van der Waals surface area contributed by atoms with Crippen LogP contribution in [0.2, 0.25) is 0 Å². The number of hydrogen-bond acceptors (Lipinski definition) is 2. The highest BCUT2D eigenvalue weighted by atomic mass is 35.5. The number of aliphatic imine (C=N–C) groups is 2. The summed E-state index contributed by atoms with van der Waals surface area (Å²) < 4.78 is 5.08. The minimum Gasteiger partial charge on any atom is -1.00 e. The Morgan fingerprint density at radius 3 is 2.38 bits per heavy atom. The van der Waals surface area contributed by atoms with Crippen molar-refractivity contribution >= 4 is 17.6 Å². The van der Waals surface area contributed by atoms with E-state index in [1.165, 1.54) is 0 Å². The van der Waals surface area contributed by atoms with Gasteiger partial charge in [-0.05, 0) is 12.1 Å². The van der Waals surface area contributed by atoms with Gasteiger partial charge in [-0.1, -0.05) is 12.1 Å². The normalized spacial score (nSPS) is 10.2. The number of nitrogens with two attached hydrogens (primary N) is 3. The van der Waals surface area contributed by atoms with Crippen LogP contribution in [-0.4, -0.2) is 19.0 Å². The van der Waals surface area contributed by atoms with Gasteiger partial charge in [0.25, 0.3) is 0 Å². The van der Waals surface area contributed by atoms with Crippen LogP contribution in [0, 0.1) is 0 Å². The minimum absolute atomic E-state index is 0. The molecule has 0 saturated carbocycles. The summed E-state index contributed by atoms with van der Waals surface area (Å²) >= 11 is 0. The first kappa shape index (κ1) is 14.1. The van der Waals surface area contributed by atoms with Crippen LogP contribution in [0.4, 0.5) is 5.69 Å². The molecule has 1 aromatic rings. The van der Waals surface area contributed by atoms with Gasteiger partial charge in [-0.15, -0.1) is 0 Å². The maximum absolute atomic E-state index is 5.48. The number of nitrogens with zero attached hydrogens (tertiary/aromatic N) is 2. The maximum Gasteiger partial charge on any atom is 0.223 e. The molecular formula is C9H13ClN5O-. The van der Waals surface area contributed by atoms with Gasteiger partial charge < -0.3 is 34.3 Å². The zero-order valence-corrected chi connectivity index (χ0v) is 9.48. The van der Waals surface area contributed by atoms with Gasteiger partial charge in [0.15, 0.2) is 5.96 Å². The average molecular weight is 243 g/mol. The summed E-state index contributed by atoms with van der Waals surface area (Å²) in [4.78, 5) is 7.58. The number of rotatable bonds is 2. The zero-order valence-electron chi connectivity index (χ0n) is 8.72. The van der Waals surface area contributed by atoms with Gasteiger partial charge in [-0.2, -0.15) is 4.99 Å². The van der Waals surface area contributed by atoms with Crippen molar-refractivity contribution in [3.8, 4) is 5.75 Å². The summed E-state index contributed by atoms with van der Waals surface area (Å²) in [6.45, 7) is 0. The summed E-state index contributed by atoms with van der Waals surface area (Å²) in [5.41, 5.74) is 16.4. The van der Waals surface area contributed by atoms with Crippen LogP contribution in [0.3, 0.4) is 0 Å². The van der Waals surface area contributed by atoms with E-state index >= 15 is 0 Å². The molecule has 0 atom stereocenters. The van der Waals surface area contributed by atoms with Gasteiger partial charge >= 0.3 is 0 Å². The number of methoxy groups -OCH3 is 1. The van der Waals surface area contributed by atoms with E-state index in [2.05, 4.69) is 9.98 Å². The average Bonchev–Trinajstić information content (AvgIpc) is 2.17. The SMILES string of the molecule is COc1ccccc1N=C(N)N=C(N)N.[Cl-]. The lowest BCUT2D eigenvalue weighted by atomic mass is 10.3. The second-order valence-corrected chi connectivity index (χ2v) is 2.68. The number of guanidine groups is 2. The molecule has 0 spiro atoms. The van der Waals surface area contributed by atoms with E-state index < -0.39 is 0 Å². The third kappa shape index (κ3) is 4.05. The Morgan fingerprint density at radius 2 is 1.81 bits per heavy atom. The van der Waals surface area contributed by atoms with E-state index in [0.717, 1.165) is 0 Å². The quantitative estimate of drug-likeness (QED) is 0.377. The van der Waals surface area contributed by atoms with E-state index in [4.69, 9.17) is 21.9 Å².